The van der Waals surface area contributed by atoms with Crippen molar-refractivity contribution < 1.29 is 0 Å². The second-order valence-corrected chi connectivity index (χ2v) is 5.85. The summed E-state index contributed by atoms with van der Waals surface area (Å²) in [6, 6.07) is 1.66. The fourth-order valence-corrected chi connectivity index (χ4v) is 3.12. The lowest BCUT2D eigenvalue weighted by atomic mass is 9.85. The molecule has 2 nitrogen and oxygen atoms in total. The van der Waals surface area contributed by atoms with Crippen LogP contribution in [0.5, 0.6) is 0 Å². The Morgan fingerprint density at radius 1 is 1.19 bits per heavy atom. The van der Waals surface area contributed by atoms with Crippen molar-refractivity contribution in [3.05, 3.63) is 0 Å². The molecule has 1 N–H and O–H groups in total. The van der Waals surface area contributed by atoms with Gasteiger partial charge in [0.1, 0.15) is 0 Å². The van der Waals surface area contributed by atoms with E-state index in [1.54, 1.807) is 0 Å². The third kappa shape index (κ3) is 3.21. The van der Waals surface area contributed by atoms with E-state index in [2.05, 4.69) is 24.2 Å². The highest BCUT2D eigenvalue weighted by Gasteiger charge is 2.29. The monoisotopic (exact) mass is 224 g/mol. The lowest BCUT2D eigenvalue weighted by Gasteiger charge is -2.33. The normalized spacial score (nSPS) is 30.9. The molecule has 0 bridgehead atoms. The van der Waals surface area contributed by atoms with E-state index in [-0.39, 0.29) is 0 Å². The van der Waals surface area contributed by atoms with Crippen LogP contribution in [0.4, 0.5) is 0 Å². The van der Waals surface area contributed by atoms with E-state index < -0.39 is 0 Å². The van der Waals surface area contributed by atoms with E-state index in [9.17, 15) is 0 Å². The van der Waals surface area contributed by atoms with Crippen LogP contribution < -0.4 is 5.32 Å². The van der Waals surface area contributed by atoms with Crippen molar-refractivity contribution in [1.29, 1.82) is 0 Å². The van der Waals surface area contributed by atoms with Gasteiger partial charge in [-0.15, -0.1) is 0 Å². The summed E-state index contributed by atoms with van der Waals surface area (Å²) < 4.78 is 0. The Morgan fingerprint density at radius 3 is 2.62 bits per heavy atom. The first-order chi connectivity index (χ1) is 7.79. The van der Waals surface area contributed by atoms with Crippen LogP contribution in [0.1, 0.15) is 51.9 Å². The highest BCUT2D eigenvalue weighted by atomic mass is 15.1. The Balaban J connectivity index is 1.66. The number of nitrogens with zero attached hydrogens (tertiary/aromatic N) is 1. The quantitative estimate of drug-likeness (QED) is 0.746. The third-order valence-corrected chi connectivity index (χ3v) is 4.48. The molecule has 2 rings (SSSR count). The van der Waals surface area contributed by atoms with Crippen molar-refractivity contribution in [2.24, 2.45) is 5.92 Å². The SMILES string of the molecule is CCCNC1CCC(N(C)CC2CCC2)C1. The van der Waals surface area contributed by atoms with E-state index in [1.165, 1.54) is 58.0 Å². The maximum absolute atomic E-state index is 3.67. The van der Waals surface area contributed by atoms with Gasteiger partial charge in [-0.1, -0.05) is 13.3 Å². The molecule has 2 saturated carbocycles. The first kappa shape index (κ1) is 12.4. The average molecular weight is 224 g/mol. The predicted octanol–water partition coefficient (Wildman–Crippen LogP) is 2.64. The van der Waals surface area contributed by atoms with Crippen molar-refractivity contribution >= 4 is 0 Å². The molecule has 16 heavy (non-hydrogen) atoms. The van der Waals surface area contributed by atoms with Crippen molar-refractivity contribution in [3.63, 3.8) is 0 Å². The van der Waals surface area contributed by atoms with Crippen LogP contribution in [0.15, 0.2) is 0 Å². The molecule has 0 radical (unpaired) electrons. The molecule has 2 fully saturated rings. The van der Waals surface area contributed by atoms with Gasteiger partial charge in [-0.2, -0.15) is 0 Å². The molecule has 2 heteroatoms. The van der Waals surface area contributed by atoms with Crippen LogP contribution in [-0.4, -0.2) is 37.1 Å². The second-order valence-electron chi connectivity index (χ2n) is 5.85. The number of hydrogen-bond acceptors (Lipinski definition) is 2. The van der Waals surface area contributed by atoms with Gasteiger partial charge < -0.3 is 10.2 Å². The topological polar surface area (TPSA) is 15.3 Å². The molecule has 0 aromatic carbocycles. The molecule has 0 aromatic heterocycles. The first-order valence-corrected chi connectivity index (χ1v) is 7.23. The van der Waals surface area contributed by atoms with Crippen molar-refractivity contribution in [1.82, 2.24) is 10.2 Å². The Bertz CT molecular complexity index is 201. The number of nitrogens with one attached hydrogen (secondary N) is 1. The van der Waals surface area contributed by atoms with Crippen LogP contribution in [0.2, 0.25) is 0 Å². The minimum absolute atomic E-state index is 0.800. The highest BCUT2D eigenvalue weighted by molar-refractivity contribution is 4.87. The molecule has 0 amide bonds. The molecular weight excluding hydrogens is 196 g/mol. The van der Waals surface area contributed by atoms with Gasteiger partial charge in [0.15, 0.2) is 0 Å². The Hall–Kier alpha value is -0.0800. The summed E-state index contributed by atoms with van der Waals surface area (Å²) >= 11 is 0. The first-order valence-electron chi connectivity index (χ1n) is 7.23. The standard InChI is InChI=1S/C14H28N2/c1-3-9-15-13-7-8-14(10-13)16(2)11-12-5-4-6-12/h12-15H,3-11H2,1-2H3. The van der Waals surface area contributed by atoms with E-state index in [4.69, 9.17) is 0 Å². The molecule has 0 heterocycles. The third-order valence-electron chi connectivity index (χ3n) is 4.48. The zero-order chi connectivity index (χ0) is 11.4. The molecule has 94 valence electrons. The molecule has 2 aliphatic carbocycles. The molecule has 0 saturated heterocycles. The van der Waals surface area contributed by atoms with Gasteiger partial charge in [0.05, 0.1) is 0 Å². The summed E-state index contributed by atoms with van der Waals surface area (Å²) in [4.78, 5) is 2.64. The van der Waals surface area contributed by atoms with Crippen LogP contribution in [-0.2, 0) is 0 Å². The fraction of sp³-hybridized carbons (Fsp3) is 1.00. The van der Waals surface area contributed by atoms with Gasteiger partial charge in [-0.3, -0.25) is 0 Å². The molecule has 2 unspecified atom stereocenters. The Labute approximate surface area is 101 Å². The molecule has 2 atom stereocenters. The van der Waals surface area contributed by atoms with Gasteiger partial charge in [0, 0.05) is 18.6 Å². The lowest BCUT2D eigenvalue weighted by molar-refractivity contribution is 0.162. The zero-order valence-electron chi connectivity index (χ0n) is 11.0. The van der Waals surface area contributed by atoms with Crippen LogP contribution in [0.3, 0.4) is 0 Å². The maximum atomic E-state index is 3.67. The van der Waals surface area contributed by atoms with E-state index in [1.807, 2.05) is 0 Å². The van der Waals surface area contributed by atoms with Crippen molar-refractivity contribution in [2.45, 2.75) is 64.0 Å². The molecule has 0 spiro atoms. The summed E-state index contributed by atoms with van der Waals surface area (Å²) in [7, 11) is 2.34. The zero-order valence-corrected chi connectivity index (χ0v) is 11.0. The predicted molar refractivity (Wildman–Crippen MR) is 69.7 cm³/mol. The molecular formula is C14H28N2. The van der Waals surface area contributed by atoms with Crippen LogP contribution >= 0.6 is 0 Å². The van der Waals surface area contributed by atoms with E-state index >= 15 is 0 Å². The largest absolute Gasteiger partial charge is 0.314 e. The van der Waals surface area contributed by atoms with Gasteiger partial charge in [0.2, 0.25) is 0 Å². The lowest BCUT2D eigenvalue weighted by Crippen LogP contribution is -2.37. The summed E-state index contributed by atoms with van der Waals surface area (Å²) in [6.45, 7) is 4.80. The van der Waals surface area contributed by atoms with Crippen LogP contribution in [0.25, 0.3) is 0 Å². The summed E-state index contributed by atoms with van der Waals surface area (Å²) in [6.07, 6.45) is 9.87. The van der Waals surface area contributed by atoms with Gasteiger partial charge in [-0.25, -0.2) is 0 Å². The van der Waals surface area contributed by atoms with Crippen molar-refractivity contribution in [3.8, 4) is 0 Å². The Morgan fingerprint density at radius 2 is 2.00 bits per heavy atom. The van der Waals surface area contributed by atoms with E-state index in [0.717, 1.165) is 18.0 Å². The summed E-state index contributed by atoms with van der Waals surface area (Å²) in [5.74, 6) is 1.02. The van der Waals surface area contributed by atoms with Crippen molar-refractivity contribution in [2.75, 3.05) is 20.1 Å². The minimum atomic E-state index is 0.800. The highest BCUT2D eigenvalue weighted by Crippen LogP contribution is 2.30. The molecule has 0 aromatic rings. The fourth-order valence-electron chi connectivity index (χ4n) is 3.12. The van der Waals surface area contributed by atoms with E-state index in [0.29, 0.717) is 0 Å². The number of rotatable bonds is 6. The van der Waals surface area contributed by atoms with Gasteiger partial charge >= 0.3 is 0 Å². The summed E-state index contributed by atoms with van der Waals surface area (Å²) in [5.41, 5.74) is 0. The summed E-state index contributed by atoms with van der Waals surface area (Å²) in [5, 5.41) is 3.67. The Kier molecular flexibility index (Phi) is 4.66. The molecule has 0 aliphatic heterocycles. The van der Waals surface area contributed by atoms with Crippen LogP contribution in [0, 0.1) is 5.92 Å². The minimum Gasteiger partial charge on any atom is -0.314 e. The smallest absolute Gasteiger partial charge is 0.0108 e. The average Bonchev–Trinajstić information content (AvgIpc) is 2.69. The number of hydrogen-bond donors (Lipinski definition) is 1. The van der Waals surface area contributed by atoms with Gasteiger partial charge in [0.25, 0.3) is 0 Å². The van der Waals surface area contributed by atoms with Gasteiger partial charge in [-0.05, 0) is 58.0 Å². The molecule has 2 aliphatic rings. The second kappa shape index (κ2) is 6.02. The maximum Gasteiger partial charge on any atom is 0.0108 e.